The van der Waals surface area contributed by atoms with E-state index in [-0.39, 0.29) is 12.5 Å². The SMILES string of the molecule is CCCCCCCC/C=C\C/C=C\CCC(=O)NC(CO)C(O)/C=C/CC/C=C/CCCCCCCCCCCCCC. The lowest BCUT2D eigenvalue weighted by atomic mass is 10.0. The van der Waals surface area contributed by atoms with Gasteiger partial charge < -0.3 is 15.5 Å². The van der Waals surface area contributed by atoms with E-state index in [0.717, 1.165) is 32.1 Å². The number of rotatable bonds is 32. The Morgan fingerprint density at radius 2 is 0.977 bits per heavy atom. The summed E-state index contributed by atoms with van der Waals surface area (Å²) in [6.07, 6.45) is 46.4. The van der Waals surface area contributed by atoms with Crippen LogP contribution in [-0.4, -0.2) is 34.9 Å². The topological polar surface area (TPSA) is 69.6 Å². The molecule has 0 aromatic heterocycles. The Labute approximate surface area is 267 Å². The third-order valence-electron chi connectivity index (χ3n) is 8.05. The molecule has 1 amide bonds. The van der Waals surface area contributed by atoms with Crippen molar-refractivity contribution in [3.05, 3.63) is 48.6 Å². The summed E-state index contributed by atoms with van der Waals surface area (Å²) in [5.74, 6) is -0.143. The number of unbranched alkanes of at least 4 members (excludes halogenated alkanes) is 19. The second kappa shape index (κ2) is 34.8. The predicted octanol–water partition coefficient (Wildman–Crippen LogP) is 10.8. The molecule has 4 nitrogen and oxygen atoms in total. The van der Waals surface area contributed by atoms with Crippen molar-refractivity contribution in [2.45, 2.75) is 187 Å². The van der Waals surface area contributed by atoms with Crippen LogP contribution in [0.25, 0.3) is 0 Å². The molecule has 0 saturated heterocycles. The van der Waals surface area contributed by atoms with Crippen LogP contribution in [0.4, 0.5) is 0 Å². The lowest BCUT2D eigenvalue weighted by molar-refractivity contribution is -0.122. The molecule has 0 heterocycles. The summed E-state index contributed by atoms with van der Waals surface area (Å²) in [6.45, 7) is 4.24. The van der Waals surface area contributed by atoms with Crippen molar-refractivity contribution in [3.63, 3.8) is 0 Å². The van der Waals surface area contributed by atoms with Crippen LogP contribution in [0, 0.1) is 0 Å². The first-order valence-corrected chi connectivity index (χ1v) is 18.4. The quantitative estimate of drug-likeness (QED) is 0.0530. The van der Waals surface area contributed by atoms with Crippen LogP contribution in [0.2, 0.25) is 0 Å². The molecule has 0 aromatic carbocycles. The third kappa shape index (κ3) is 31.6. The average molecular weight is 602 g/mol. The van der Waals surface area contributed by atoms with Gasteiger partial charge in [-0.3, -0.25) is 4.79 Å². The highest BCUT2D eigenvalue weighted by Crippen LogP contribution is 2.13. The number of carbonyl (C=O) groups excluding carboxylic acids is 1. The van der Waals surface area contributed by atoms with Crippen molar-refractivity contribution >= 4 is 5.91 Å². The molecular formula is C39H71NO3. The lowest BCUT2D eigenvalue weighted by Crippen LogP contribution is -2.45. The van der Waals surface area contributed by atoms with Crippen molar-refractivity contribution in [3.8, 4) is 0 Å². The van der Waals surface area contributed by atoms with Crippen LogP contribution >= 0.6 is 0 Å². The lowest BCUT2D eigenvalue weighted by Gasteiger charge is -2.19. The molecule has 2 atom stereocenters. The molecule has 43 heavy (non-hydrogen) atoms. The van der Waals surface area contributed by atoms with Crippen molar-refractivity contribution in [2.75, 3.05) is 6.61 Å². The molecule has 0 aliphatic carbocycles. The summed E-state index contributed by atoms with van der Waals surface area (Å²) in [4.78, 5) is 12.2. The average Bonchev–Trinajstić information content (AvgIpc) is 3.01. The Balaban J connectivity index is 3.75. The maximum atomic E-state index is 12.2. The van der Waals surface area contributed by atoms with E-state index in [1.54, 1.807) is 6.08 Å². The number of hydrogen-bond donors (Lipinski definition) is 3. The third-order valence-corrected chi connectivity index (χ3v) is 8.05. The van der Waals surface area contributed by atoms with Crippen molar-refractivity contribution in [1.29, 1.82) is 0 Å². The minimum Gasteiger partial charge on any atom is -0.394 e. The zero-order valence-electron chi connectivity index (χ0n) is 28.5. The van der Waals surface area contributed by atoms with Crippen LogP contribution in [0.3, 0.4) is 0 Å². The van der Waals surface area contributed by atoms with Gasteiger partial charge in [-0.25, -0.2) is 0 Å². The molecule has 3 N–H and O–H groups in total. The fourth-order valence-electron chi connectivity index (χ4n) is 5.18. The molecule has 250 valence electrons. The number of carbonyl (C=O) groups is 1. The molecule has 0 spiro atoms. The summed E-state index contributed by atoms with van der Waals surface area (Å²) in [5.41, 5.74) is 0. The number of nitrogens with one attached hydrogen (secondary N) is 1. The predicted molar refractivity (Wildman–Crippen MR) is 188 cm³/mol. The fourth-order valence-corrected chi connectivity index (χ4v) is 5.18. The van der Waals surface area contributed by atoms with Gasteiger partial charge in [0.1, 0.15) is 0 Å². The molecule has 0 fully saturated rings. The number of aliphatic hydroxyl groups is 2. The molecule has 2 unspecified atom stereocenters. The van der Waals surface area contributed by atoms with Crippen molar-refractivity contribution < 1.29 is 15.0 Å². The van der Waals surface area contributed by atoms with Gasteiger partial charge >= 0.3 is 0 Å². The minimum atomic E-state index is -0.883. The maximum absolute atomic E-state index is 12.2. The van der Waals surface area contributed by atoms with Gasteiger partial charge in [-0.1, -0.05) is 165 Å². The van der Waals surface area contributed by atoms with Gasteiger partial charge in [0.05, 0.1) is 18.8 Å². The normalized spacial score (nSPS) is 13.7. The van der Waals surface area contributed by atoms with Gasteiger partial charge in [0.15, 0.2) is 0 Å². The largest absolute Gasteiger partial charge is 0.394 e. The van der Waals surface area contributed by atoms with Crippen molar-refractivity contribution in [1.82, 2.24) is 5.32 Å². The van der Waals surface area contributed by atoms with E-state index in [9.17, 15) is 15.0 Å². The molecule has 0 bridgehead atoms. The highest BCUT2D eigenvalue weighted by molar-refractivity contribution is 5.76. The van der Waals surface area contributed by atoms with Crippen LogP contribution < -0.4 is 5.32 Å². The van der Waals surface area contributed by atoms with E-state index in [1.165, 1.54) is 116 Å². The molecule has 0 aromatic rings. The highest BCUT2D eigenvalue weighted by atomic mass is 16.3. The maximum Gasteiger partial charge on any atom is 0.220 e. The van der Waals surface area contributed by atoms with Crippen LogP contribution in [0.1, 0.15) is 174 Å². The zero-order chi connectivity index (χ0) is 31.5. The Morgan fingerprint density at radius 1 is 0.558 bits per heavy atom. The van der Waals surface area contributed by atoms with E-state index < -0.39 is 12.1 Å². The first-order valence-electron chi connectivity index (χ1n) is 18.4. The Hall–Kier alpha value is -1.65. The summed E-state index contributed by atoms with van der Waals surface area (Å²) >= 11 is 0. The van der Waals surface area contributed by atoms with Gasteiger partial charge in [0.2, 0.25) is 5.91 Å². The van der Waals surface area contributed by atoms with E-state index in [1.807, 2.05) is 12.2 Å². The molecular weight excluding hydrogens is 530 g/mol. The highest BCUT2D eigenvalue weighted by Gasteiger charge is 2.17. The van der Waals surface area contributed by atoms with E-state index in [4.69, 9.17) is 0 Å². The summed E-state index contributed by atoms with van der Waals surface area (Å²) in [6, 6.07) is -0.668. The summed E-state index contributed by atoms with van der Waals surface area (Å²) < 4.78 is 0. The Bertz CT molecular complexity index is 697. The summed E-state index contributed by atoms with van der Waals surface area (Å²) in [7, 11) is 0. The van der Waals surface area contributed by atoms with Crippen LogP contribution in [0.15, 0.2) is 48.6 Å². The molecule has 0 aliphatic rings. The van der Waals surface area contributed by atoms with Gasteiger partial charge in [0, 0.05) is 6.42 Å². The first kappa shape index (κ1) is 41.4. The first-order chi connectivity index (χ1) is 21.2. The van der Waals surface area contributed by atoms with E-state index in [2.05, 4.69) is 49.5 Å². The van der Waals surface area contributed by atoms with Gasteiger partial charge in [-0.05, 0) is 51.4 Å². The number of amides is 1. The molecule has 0 saturated carbocycles. The van der Waals surface area contributed by atoms with Gasteiger partial charge in [-0.15, -0.1) is 0 Å². The molecule has 0 aliphatic heterocycles. The fraction of sp³-hybridized carbons (Fsp3) is 0.769. The van der Waals surface area contributed by atoms with Crippen molar-refractivity contribution in [2.24, 2.45) is 0 Å². The van der Waals surface area contributed by atoms with Gasteiger partial charge in [0.25, 0.3) is 0 Å². The van der Waals surface area contributed by atoms with Gasteiger partial charge in [-0.2, -0.15) is 0 Å². The molecule has 4 heteroatoms. The number of aliphatic hydroxyl groups excluding tert-OH is 2. The minimum absolute atomic E-state index is 0.143. The molecule has 0 rings (SSSR count). The molecule has 0 radical (unpaired) electrons. The Morgan fingerprint density at radius 3 is 1.49 bits per heavy atom. The van der Waals surface area contributed by atoms with E-state index >= 15 is 0 Å². The second-order valence-electron chi connectivity index (χ2n) is 12.3. The number of allylic oxidation sites excluding steroid dienone is 7. The smallest absolute Gasteiger partial charge is 0.220 e. The summed E-state index contributed by atoms with van der Waals surface area (Å²) in [5, 5.41) is 22.8. The van der Waals surface area contributed by atoms with Crippen LogP contribution in [-0.2, 0) is 4.79 Å². The second-order valence-corrected chi connectivity index (χ2v) is 12.3. The Kier molecular flexibility index (Phi) is 33.5. The zero-order valence-corrected chi connectivity index (χ0v) is 28.5. The monoisotopic (exact) mass is 602 g/mol. The van der Waals surface area contributed by atoms with E-state index in [0.29, 0.717) is 12.8 Å². The standard InChI is InChI=1S/C39H71NO3/c1-3-5-7-9-11-13-15-17-18-19-20-21-23-24-26-28-30-32-34-38(42)37(36-41)40-39(43)35-33-31-29-27-25-22-16-14-12-10-8-6-4-2/h22,24-26,29,31-32,34,37-38,41-42H,3-21,23,27-28,30,33,35-36H2,1-2H3,(H,40,43)/b25-22-,26-24+,31-29-,34-32+. The number of hydrogen-bond acceptors (Lipinski definition) is 3. The van der Waals surface area contributed by atoms with Crippen LogP contribution in [0.5, 0.6) is 0 Å².